The molecule has 6 heteroatoms. The molecule has 0 fully saturated rings. The summed E-state index contributed by atoms with van der Waals surface area (Å²) in [7, 11) is 3.11. The molecule has 0 spiro atoms. The predicted molar refractivity (Wildman–Crippen MR) is 73.3 cm³/mol. The Bertz CT molecular complexity index is 563. The van der Waals surface area contributed by atoms with Crippen LogP contribution in [0.2, 0.25) is 0 Å². The first-order valence-corrected chi connectivity index (χ1v) is 6.31. The Balaban J connectivity index is 2.45. The van der Waals surface area contributed by atoms with Crippen LogP contribution in [0.4, 0.5) is 0 Å². The first-order valence-electron chi connectivity index (χ1n) is 5.51. The van der Waals surface area contributed by atoms with Crippen LogP contribution in [0, 0.1) is 0 Å². The normalized spacial score (nSPS) is 12.0. The zero-order chi connectivity index (χ0) is 13.8. The van der Waals surface area contributed by atoms with Gasteiger partial charge < -0.3 is 14.6 Å². The average Bonchev–Trinajstić information content (AvgIpc) is 2.47. The molecule has 1 N–H and O–H groups in total. The van der Waals surface area contributed by atoms with Crippen molar-refractivity contribution in [2.24, 2.45) is 0 Å². The van der Waals surface area contributed by atoms with Gasteiger partial charge in [0.05, 0.1) is 14.2 Å². The van der Waals surface area contributed by atoms with Gasteiger partial charge in [-0.05, 0) is 12.1 Å². The van der Waals surface area contributed by atoms with Crippen molar-refractivity contribution in [1.29, 1.82) is 0 Å². The van der Waals surface area contributed by atoms with E-state index in [-0.39, 0.29) is 0 Å². The van der Waals surface area contributed by atoms with Crippen LogP contribution in [0.15, 0.2) is 35.3 Å². The Labute approximate surface area is 119 Å². The number of halogens is 1. The highest BCUT2D eigenvalue weighted by Gasteiger charge is 2.18. The summed E-state index contributed by atoms with van der Waals surface area (Å²) in [5.41, 5.74) is 1.27. The van der Waals surface area contributed by atoms with E-state index in [9.17, 15) is 5.11 Å². The molecule has 0 aliphatic rings. The zero-order valence-corrected chi connectivity index (χ0v) is 12.1. The van der Waals surface area contributed by atoms with E-state index in [0.717, 1.165) is 4.47 Å². The molecule has 100 valence electrons. The molecule has 5 nitrogen and oxygen atoms in total. The highest BCUT2D eigenvalue weighted by molar-refractivity contribution is 9.10. The van der Waals surface area contributed by atoms with Crippen molar-refractivity contribution < 1.29 is 14.6 Å². The highest BCUT2D eigenvalue weighted by Crippen LogP contribution is 2.37. The van der Waals surface area contributed by atoms with E-state index in [1.165, 1.54) is 6.33 Å². The maximum Gasteiger partial charge on any atom is 0.161 e. The summed E-state index contributed by atoms with van der Waals surface area (Å²) in [6.45, 7) is 0. The Morgan fingerprint density at radius 2 is 1.68 bits per heavy atom. The third kappa shape index (κ3) is 2.85. The number of hydrogen-bond acceptors (Lipinski definition) is 5. The lowest BCUT2D eigenvalue weighted by atomic mass is 10.0. The molecule has 0 saturated carbocycles. The lowest BCUT2D eigenvalue weighted by molar-refractivity contribution is 0.217. The number of rotatable bonds is 4. The van der Waals surface area contributed by atoms with E-state index in [1.807, 2.05) is 0 Å². The molecule has 0 bridgehead atoms. The second-order valence-corrected chi connectivity index (χ2v) is 4.66. The largest absolute Gasteiger partial charge is 0.493 e. The first-order chi connectivity index (χ1) is 9.17. The Kier molecular flexibility index (Phi) is 4.34. The van der Waals surface area contributed by atoms with Gasteiger partial charge >= 0.3 is 0 Å². The topological polar surface area (TPSA) is 64.5 Å². The van der Waals surface area contributed by atoms with E-state index in [2.05, 4.69) is 25.9 Å². The summed E-state index contributed by atoms with van der Waals surface area (Å²) in [6.07, 6.45) is 3.72. The summed E-state index contributed by atoms with van der Waals surface area (Å²) in [4.78, 5) is 7.79. The van der Waals surface area contributed by atoms with Crippen LogP contribution in [-0.2, 0) is 0 Å². The van der Waals surface area contributed by atoms with E-state index in [0.29, 0.717) is 22.6 Å². The van der Waals surface area contributed by atoms with Gasteiger partial charge in [0.25, 0.3) is 0 Å². The first kappa shape index (κ1) is 13.8. The summed E-state index contributed by atoms with van der Waals surface area (Å²) < 4.78 is 11.1. The number of aromatic nitrogens is 2. The molecule has 0 aliphatic carbocycles. The molecule has 19 heavy (non-hydrogen) atoms. The number of aliphatic hydroxyl groups is 1. The molecule has 1 unspecified atom stereocenters. The maximum absolute atomic E-state index is 10.3. The minimum atomic E-state index is -0.838. The Morgan fingerprint density at radius 3 is 2.26 bits per heavy atom. The van der Waals surface area contributed by atoms with Crippen LogP contribution in [-0.4, -0.2) is 29.3 Å². The van der Waals surface area contributed by atoms with Crippen molar-refractivity contribution in [1.82, 2.24) is 9.97 Å². The van der Waals surface area contributed by atoms with Gasteiger partial charge in [0.15, 0.2) is 11.5 Å². The van der Waals surface area contributed by atoms with E-state index < -0.39 is 6.10 Å². The van der Waals surface area contributed by atoms with Gasteiger partial charge in [-0.3, -0.25) is 0 Å². The minimum Gasteiger partial charge on any atom is -0.493 e. The van der Waals surface area contributed by atoms with Crippen LogP contribution in [0.25, 0.3) is 0 Å². The fraction of sp³-hybridized carbons (Fsp3) is 0.231. The number of hydrogen-bond donors (Lipinski definition) is 1. The van der Waals surface area contributed by atoms with Gasteiger partial charge in [-0.2, -0.15) is 0 Å². The standard InChI is InChI=1S/C13H13BrN2O3/c1-18-11-3-9(10(14)4-12(11)19-2)13(17)8-5-15-7-16-6-8/h3-7,13,17H,1-2H3. The minimum absolute atomic E-state index is 0.552. The van der Waals surface area contributed by atoms with Crippen LogP contribution in [0.5, 0.6) is 11.5 Å². The van der Waals surface area contributed by atoms with Gasteiger partial charge in [0, 0.05) is 28.0 Å². The summed E-state index contributed by atoms with van der Waals surface area (Å²) in [6, 6.07) is 3.47. The molecule has 1 aromatic heterocycles. The van der Waals surface area contributed by atoms with Crippen molar-refractivity contribution in [3.05, 3.63) is 46.5 Å². The van der Waals surface area contributed by atoms with Crippen molar-refractivity contribution in [3.63, 3.8) is 0 Å². The smallest absolute Gasteiger partial charge is 0.161 e. The molecule has 0 radical (unpaired) electrons. The highest BCUT2D eigenvalue weighted by atomic mass is 79.9. The van der Waals surface area contributed by atoms with Gasteiger partial charge in [-0.1, -0.05) is 15.9 Å². The zero-order valence-electron chi connectivity index (χ0n) is 10.5. The van der Waals surface area contributed by atoms with Crippen LogP contribution in [0.1, 0.15) is 17.2 Å². The van der Waals surface area contributed by atoms with E-state index in [1.54, 1.807) is 38.7 Å². The summed E-state index contributed by atoms with van der Waals surface area (Å²) >= 11 is 3.41. The molecule has 1 heterocycles. The Hall–Kier alpha value is -1.66. The summed E-state index contributed by atoms with van der Waals surface area (Å²) in [5, 5.41) is 10.3. The second kappa shape index (κ2) is 5.99. The van der Waals surface area contributed by atoms with Crippen LogP contribution < -0.4 is 9.47 Å². The molecular weight excluding hydrogens is 312 g/mol. The van der Waals surface area contributed by atoms with Crippen molar-refractivity contribution >= 4 is 15.9 Å². The number of nitrogens with zero attached hydrogens (tertiary/aromatic N) is 2. The van der Waals surface area contributed by atoms with Crippen molar-refractivity contribution in [2.45, 2.75) is 6.10 Å². The number of ether oxygens (including phenoxy) is 2. The Morgan fingerprint density at radius 1 is 1.11 bits per heavy atom. The quantitative estimate of drug-likeness (QED) is 0.935. The lowest BCUT2D eigenvalue weighted by Gasteiger charge is -2.16. The number of aliphatic hydroxyl groups excluding tert-OH is 1. The van der Waals surface area contributed by atoms with Crippen LogP contribution >= 0.6 is 15.9 Å². The van der Waals surface area contributed by atoms with Gasteiger partial charge in [-0.15, -0.1) is 0 Å². The van der Waals surface area contributed by atoms with Crippen LogP contribution in [0.3, 0.4) is 0 Å². The molecule has 2 aromatic rings. The molecule has 1 atom stereocenters. The molecule has 1 aromatic carbocycles. The van der Waals surface area contributed by atoms with Gasteiger partial charge in [-0.25, -0.2) is 9.97 Å². The second-order valence-electron chi connectivity index (χ2n) is 3.80. The van der Waals surface area contributed by atoms with E-state index >= 15 is 0 Å². The number of methoxy groups -OCH3 is 2. The molecule has 2 rings (SSSR count). The van der Waals surface area contributed by atoms with Gasteiger partial charge in [0.1, 0.15) is 12.4 Å². The summed E-state index contributed by atoms with van der Waals surface area (Å²) in [5.74, 6) is 1.14. The monoisotopic (exact) mass is 324 g/mol. The number of benzene rings is 1. The molecule has 0 aliphatic heterocycles. The van der Waals surface area contributed by atoms with E-state index in [4.69, 9.17) is 9.47 Å². The molecule has 0 amide bonds. The molecular formula is C13H13BrN2O3. The average molecular weight is 325 g/mol. The third-order valence-corrected chi connectivity index (χ3v) is 3.38. The van der Waals surface area contributed by atoms with Crippen molar-refractivity contribution in [3.8, 4) is 11.5 Å². The fourth-order valence-electron chi connectivity index (χ4n) is 1.71. The predicted octanol–water partition coefficient (Wildman–Crippen LogP) is 2.34. The maximum atomic E-state index is 10.3. The lowest BCUT2D eigenvalue weighted by Crippen LogP contribution is -2.03. The molecule has 0 saturated heterocycles. The fourth-order valence-corrected chi connectivity index (χ4v) is 2.25. The van der Waals surface area contributed by atoms with Crippen molar-refractivity contribution in [2.75, 3.05) is 14.2 Å². The van der Waals surface area contributed by atoms with Gasteiger partial charge in [0.2, 0.25) is 0 Å². The SMILES string of the molecule is COc1cc(Br)c(C(O)c2cncnc2)cc1OC. The third-order valence-electron chi connectivity index (χ3n) is 2.69.